The molecule has 1 saturated heterocycles. The number of benzene rings is 2. The summed E-state index contributed by atoms with van der Waals surface area (Å²) in [6.07, 6.45) is 0. The number of thioether (sulfide) groups is 1. The topological polar surface area (TPSA) is 57.7 Å². The predicted molar refractivity (Wildman–Crippen MR) is 114 cm³/mol. The Morgan fingerprint density at radius 1 is 1.04 bits per heavy atom. The first-order valence-corrected chi connectivity index (χ1v) is 11.9. The molecule has 0 spiro atoms. The maximum Gasteiger partial charge on any atom is 0.235 e. The number of rotatable bonds is 6. The van der Waals surface area contributed by atoms with Gasteiger partial charge in [0.25, 0.3) is 0 Å². The molecule has 3 rings (SSSR count). The zero-order valence-corrected chi connectivity index (χ0v) is 18.0. The lowest BCUT2D eigenvalue weighted by Gasteiger charge is -2.35. The van der Waals surface area contributed by atoms with Crippen LogP contribution >= 0.6 is 23.4 Å². The van der Waals surface area contributed by atoms with Gasteiger partial charge in [-0.3, -0.25) is 4.79 Å². The second-order valence-electron chi connectivity index (χ2n) is 6.68. The summed E-state index contributed by atoms with van der Waals surface area (Å²) in [6.45, 7) is 3.37. The highest BCUT2D eigenvalue weighted by Gasteiger charge is 2.30. The third-order valence-electron chi connectivity index (χ3n) is 4.61. The lowest BCUT2D eigenvalue weighted by atomic mass is 10.2. The minimum atomic E-state index is -3.38. The first-order valence-electron chi connectivity index (χ1n) is 9.08. The molecule has 0 radical (unpaired) electrons. The van der Waals surface area contributed by atoms with E-state index in [-0.39, 0.29) is 16.9 Å². The highest BCUT2D eigenvalue weighted by Crippen LogP contribution is 2.26. The second-order valence-corrected chi connectivity index (χ2v) is 10.5. The Balaban J connectivity index is 1.54. The van der Waals surface area contributed by atoms with Gasteiger partial charge in [-0.1, -0.05) is 41.9 Å². The number of amides is 1. The third-order valence-corrected chi connectivity index (χ3v) is 7.81. The normalized spacial score (nSPS) is 16.7. The van der Waals surface area contributed by atoms with Crippen molar-refractivity contribution in [1.82, 2.24) is 9.21 Å². The van der Waals surface area contributed by atoms with E-state index < -0.39 is 10.0 Å². The van der Waals surface area contributed by atoms with Crippen LogP contribution in [0.1, 0.15) is 12.5 Å². The summed E-state index contributed by atoms with van der Waals surface area (Å²) in [5, 5.41) is 0.421. The largest absolute Gasteiger partial charge is 0.339 e. The van der Waals surface area contributed by atoms with E-state index in [1.807, 2.05) is 49.4 Å². The average molecular weight is 439 g/mol. The molecule has 0 N–H and O–H groups in total. The van der Waals surface area contributed by atoms with Crippen molar-refractivity contribution in [3.63, 3.8) is 0 Å². The SMILES string of the molecule is CC(Sc1ccc(Cl)cc1)C(=O)N1CCN(S(=O)(=O)Cc2ccccc2)CC1. The Hall–Kier alpha value is -1.54. The van der Waals surface area contributed by atoms with E-state index in [9.17, 15) is 13.2 Å². The van der Waals surface area contributed by atoms with E-state index in [2.05, 4.69) is 0 Å². The molecule has 1 unspecified atom stereocenters. The van der Waals surface area contributed by atoms with Crippen LogP contribution in [-0.2, 0) is 20.6 Å². The van der Waals surface area contributed by atoms with Crippen molar-refractivity contribution >= 4 is 39.3 Å². The quantitative estimate of drug-likeness (QED) is 0.648. The predicted octanol–water partition coefficient (Wildman–Crippen LogP) is 3.49. The Morgan fingerprint density at radius 2 is 1.64 bits per heavy atom. The van der Waals surface area contributed by atoms with Crippen LogP contribution in [-0.4, -0.2) is 55.0 Å². The smallest absolute Gasteiger partial charge is 0.235 e. The van der Waals surface area contributed by atoms with Gasteiger partial charge in [-0.05, 0) is 36.8 Å². The Bertz CT molecular complexity index is 897. The molecule has 8 heteroatoms. The van der Waals surface area contributed by atoms with Crippen LogP contribution in [0.15, 0.2) is 59.5 Å². The van der Waals surface area contributed by atoms with Gasteiger partial charge in [0.05, 0.1) is 11.0 Å². The first kappa shape index (κ1) is 21.2. The number of halogens is 1. The van der Waals surface area contributed by atoms with E-state index in [1.54, 1.807) is 17.0 Å². The highest BCUT2D eigenvalue weighted by molar-refractivity contribution is 8.00. The summed E-state index contributed by atoms with van der Waals surface area (Å²) in [4.78, 5) is 15.5. The van der Waals surface area contributed by atoms with Gasteiger partial charge in [0.15, 0.2) is 0 Å². The summed E-state index contributed by atoms with van der Waals surface area (Å²) < 4.78 is 26.8. The fourth-order valence-electron chi connectivity index (χ4n) is 3.09. The molecule has 150 valence electrons. The second kappa shape index (κ2) is 9.31. The Labute approximate surface area is 175 Å². The van der Waals surface area contributed by atoms with Crippen molar-refractivity contribution in [2.24, 2.45) is 0 Å². The minimum Gasteiger partial charge on any atom is -0.339 e. The molecule has 1 heterocycles. The number of carbonyl (C=O) groups excluding carboxylic acids is 1. The van der Waals surface area contributed by atoms with E-state index in [0.29, 0.717) is 31.2 Å². The van der Waals surface area contributed by atoms with Crippen LogP contribution in [0.4, 0.5) is 0 Å². The molecule has 0 aliphatic carbocycles. The van der Waals surface area contributed by atoms with Crippen molar-refractivity contribution in [3.8, 4) is 0 Å². The number of hydrogen-bond donors (Lipinski definition) is 0. The maximum absolute atomic E-state index is 12.7. The summed E-state index contributed by atoms with van der Waals surface area (Å²) >= 11 is 7.38. The molecule has 28 heavy (non-hydrogen) atoms. The summed E-state index contributed by atoms with van der Waals surface area (Å²) in [5.41, 5.74) is 0.772. The fraction of sp³-hybridized carbons (Fsp3) is 0.350. The van der Waals surface area contributed by atoms with Gasteiger partial charge in [-0.25, -0.2) is 8.42 Å². The molecular weight excluding hydrogens is 416 g/mol. The Kier molecular flexibility index (Phi) is 7.04. The molecule has 0 saturated carbocycles. The molecule has 0 bridgehead atoms. The summed E-state index contributed by atoms with van der Waals surface area (Å²) in [6, 6.07) is 16.6. The molecular formula is C20H23ClN2O3S2. The van der Waals surface area contributed by atoms with Crippen LogP contribution in [0.5, 0.6) is 0 Å². The van der Waals surface area contributed by atoms with Crippen LogP contribution in [0.3, 0.4) is 0 Å². The highest BCUT2D eigenvalue weighted by atomic mass is 35.5. The van der Waals surface area contributed by atoms with E-state index >= 15 is 0 Å². The first-order chi connectivity index (χ1) is 13.3. The molecule has 2 aromatic carbocycles. The third kappa shape index (κ3) is 5.50. The van der Waals surface area contributed by atoms with Crippen LogP contribution in [0.2, 0.25) is 5.02 Å². The van der Waals surface area contributed by atoms with Gasteiger partial charge in [0.2, 0.25) is 15.9 Å². The van der Waals surface area contributed by atoms with Crippen molar-refractivity contribution in [2.75, 3.05) is 26.2 Å². The molecule has 2 aromatic rings. The van der Waals surface area contributed by atoms with E-state index in [0.717, 1.165) is 10.5 Å². The number of sulfonamides is 1. The van der Waals surface area contributed by atoms with Crippen LogP contribution < -0.4 is 0 Å². The molecule has 1 aliphatic heterocycles. The lowest BCUT2D eigenvalue weighted by molar-refractivity contribution is -0.131. The van der Waals surface area contributed by atoms with Gasteiger partial charge in [-0.15, -0.1) is 11.8 Å². The summed E-state index contributed by atoms with van der Waals surface area (Å²) in [5.74, 6) is 0.0185. The number of carbonyl (C=O) groups is 1. The van der Waals surface area contributed by atoms with Gasteiger partial charge >= 0.3 is 0 Å². The molecule has 1 fully saturated rings. The number of nitrogens with zero attached hydrogens (tertiary/aromatic N) is 2. The van der Waals surface area contributed by atoms with Crippen LogP contribution in [0, 0.1) is 0 Å². The van der Waals surface area contributed by atoms with Gasteiger partial charge in [0.1, 0.15) is 0 Å². The fourth-order valence-corrected chi connectivity index (χ4v) is 5.68. The molecule has 5 nitrogen and oxygen atoms in total. The zero-order chi connectivity index (χ0) is 20.1. The van der Waals surface area contributed by atoms with Crippen molar-refractivity contribution in [1.29, 1.82) is 0 Å². The average Bonchev–Trinajstić information content (AvgIpc) is 2.69. The molecule has 0 aromatic heterocycles. The molecule has 1 atom stereocenters. The maximum atomic E-state index is 12.7. The van der Waals surface area contributed by atoms with Crippen molar-refractivity contribution in [2.45, 2.75) is 22.8 Å². The summed E-state index contributed by atoms with van der Waals surface area (Å²) in [7, 11) is -3.38. The van der Waals surface area contributed by atoms with Gasteiger partial charge < -0.3 is 4.90 Å². The Morgan fingerprint density at radius 3 is 2.25 bits per heavy atom. The molecule has 1 amide bonds. The van der Waals surface area contributed by atoms with Gasteiger partial charge in [0, 0.05) is 36.1 Å². The van der Waals surface area contributed by atoms with Crippen LogP contribution in [0.25, 0.3) is 0 Å². The minimum absolute atomic E-state index is 0.00932. The number of piperazine rings is 1. The zero-order valence-electron chi connectivity index (χ0n) is 15.6. The van der Waals surface area contributed by atoms with E-state index in [4.69, 9.17) is 11.6 Å². The molecule has 1 aliphatic rings. The van der Waals surface area contributed by atoms with Gasteiger partial charge in [-0.2, -0.15) is 4.31 Å². The lowest BCUT2D eigenvalue weighted by Crippen LogP contribution is -2.52. The number of hydrogen-bond acceptors (Lipinski definition) is 4. The van der Waals surface area contributed by atoms with E-state index in [1.165, 1.54) is 16.1 Å². The standard InChI is InChI=1S/C20H23ClN2O3S2/c1-16(27-19-9-7-18(21)8-10-19)20(24)22-11-13-23(14-12-22)28(25,26)15-17-5-3-2-4-6-17/h2-10,16H,11-15H2,1H3. The van der Waals surface area contributed by atoms with Crippen molar-refractivity contribution in [3.05, 3.63) is 65.2 Å². The monoisotopic (exact) mass is 438 g/mol. The van der Waals surface area contributed by atoms with Crippen molar-refractivity contribution < 1.29 is 13.2 Å².